The summed E-state index contributed by atoms with van der Waals surface area (Å²) in [6.07, 6.45) is 7.62. The van der Waals surface area contributed by atoms with Crippen LogP contribution in [0.3, 0.4) is 0 Å². The largest absolute Gasteiger partial charge is 0.508 e. The highest BCUT2D eigenvalue weighted by atomic mass is 32.1. The van der Waals surface area contributed by atoms with Crippen molar-refractivity contribution in [2.75, 3.05) is 19.7 Å². The number of thiocarbonyl (C=S) groups is 1. The maximum atomic E-state index is 11.4. The molecule has 5 rings (SSSR count). The fraction of sp³-hybridized carbons (Fsp3) is 0.531. The third-order valence-corrected chi connectivity index (χ3v) is 14.4. The number of aliphatic hydroxyl groups is 1. The number of hydrogen-bond donors (Lipinski definition) is 9. The number of nitrogens with one attached hydrogen (secondary N) is 3. The molecular weight excluding hydrogens is 692 g/mol. The molecule has 0 saturated heterocycles. The normalized spacial score (nSPS) is 24.7. The molecule has 3 aliphatic rings. The molecule has 49 heavy (non-hydrogen) atoms. The van der Waals surface area contributed by atoms with Crippen molar-refractivity contribution in [3.63, 3.8) is 0 Å². The van der Waals surface area contributed by atoms with Gasteiger partial charge in [-0.15, -0.1) is 0 Å². The van der Waals surface area contributed by atoms with Crippen LogP contribution in [0.4, 0.5) is 0 Å². The number of phenols is 1. The molecule has 2 fully saturated rings. The highest BCUT2D eigenvalue weighted by Crippen LogP contribution is 2.68. The number of hydrazone groups is 2. The monoisotopic (exact) mass is 737 g/mol. The van der Waals surface area contributed by atoms with E-state index in [0.29, 0.717) is 48.8 Å². The van der Waals surface area contributed by atoms with Crippen molar-refractivity contribution in [2.45, 2.75) is 69.3 Å². The molecule has 0 spiro atoms. The minimum Gasteiger partial charge on any atom is -0.508 e. The zero-order valence-corrected chi connectivity index (χ0v) is 29.8. The van der Waals surface area contributed by atoms with Gasteiger partial charge in [-0.3, -0.25) is 20.0 Å². The summed E-state index contributed by atoms with van der Waals surface area (Å²) in [6, 6.07) is 13.1. The van der Waals surface area contributed by atoms with Gasteiger partial charge in [-0.1, -0.05) is 25.1 Å². The first-order valence-electron chi connectivity index (χ1n) is 16.4. The van der Waals surface area contributed by atoms with Gasteiger partial charge in [0.05, 0.1) is 12.8 Å². The highest BCUT2D eigenvalue weighted by molar-refractivity contribution is 7.80. The summed E-state index contributed by atoms with van der Waals surface area (Å²) in [6.45, 7) is 2.73. The maximum absolute atomic E-state index is 11.4. The Morgan fingerprint density at radius 1 is 1.06 bits per heavy atom. The Hall–Kier alpha value is -2.71. The average Bonchev–Trinajstić information content (AvgIpc) is 3.38. The van der Waals surface area contributed by atoms with Gasteiger partial charge < -0.3 is 39.8 Å². The number of hydrogen-bond acceptors (Lipinski definition) is 9. The van der Waals surface area contributed by atoms with Gasteiger partial charge in [-0.25, -0.2) is 0 Å². The standard InChI is InChI=1S/C32H45N5O9P2S/c1-31-13-12-26-25-9-7-23(38)19-22(25)6-8-27(26)28(31)10-11-29(31)35-37-30(49)36-34-20-21-4-2-5-24(18-21)46-17-3-15-33-16-14-32(39,47(40,41)42)48(43,44)45/h2,4-5,7,9,18-20,26-28,33,38-39H,3,6,8,10-17H2,1H3,(H2,36,37,49)(H2,40,41,42)(H2,43,44,45). The van der Waals surface area contributed by atoms with Crippen molar-refractivity contribution >= 4 is 44.4 Å². The fourth-order valence-electron chi connectivity index (χ4n) is 7.76. The van der Waals surface area contributed by atoms with Crippen LogP contribution in [-0.2, 0) is 15.6 Å². The molecule has 0 aromatic heterocycles. The van der Waals surface area contributed by atoms with Gasteiger partial charge in [0.15, 0.2) is 0 Å². The number of nitrogens with zero attached hydrogens (tertiary/aromatic N) is 2. The van der Waals surface area contributed by atoms with E-state index in [1.54, 1.807) is 18.3 Å². The molecule has 0 bridgehead atoms. The van der Waals surface area contributed by atoms with Crippen LogP contribution < -0.4 is 20.9 Å². The van der Waals surface area contributed by atoms with Crippen molar-refractivity contribution < 1.29 is 43.7 Å². The molecule has 0 aliphatic heterocycles. The summed E-state index contributed by atoms with van der Waals surface area (Å²) >= 11 is 5.43. The first-order chi connectivity index (χ1) is 23.1. The van der Waals surface area contributed by atoms with Crippen molar-refractivity contribution in [2.24, 2.45) is 27.5 Å². The Morgan fingerprint density at radius 3 is 2.59 bits per heavy atom. The van der Waals surface area contributed by atoms with E-state index < -0.39 is 26.7 Å². The summed E-state index contributed by atoms with van der Waals surface area (Å²) in [5.41, 5.74) is 10.5. The van der Waals surface area contributed by atoms with Crippen LogP contribution in [0.5, 0.6) is 11.5 Å². The molecule has 9 N–H and O–H groups in total. The molecule has 0 heterocycles. The molecular formula is C32H45N5O9P2S. The summed E-state index contributed by atoms with van der Waals surface area (Å²) in [7, 11) is -10.9. The second-order valence-electron chi connectivity index (χ2n) is 13.3. The van der Waals surface area contributed by atoms with Crippen LogP contribution in [0.2, 0.25) is 0 Å². The molecule has 2 aromatic rings. The molecule has 4 atom stereocenters. The highest BCUT2D eigenvalue weighted by Gasteiger charge is 2.58. The third-order valence-electron chi connectivity index (χ3n) is 10.3. The third kappa shape index (κ3) is 8.44. The summed E-state index contributed by atoms with van der Waals surface area (Å²) < 4.78 is 28.6. The zero-order valence-electron chi connectivity index (χ0n) is 27.2. The Bertz CT molecular complexity index is 1660. The van der Waals surface area contributed by atoms with Gasteiger partial charge in [0.25, 0.3) is 5.08 Å². The average molecular weight is 738 g/mol. The Balaban J connectivity index is 1.04. The lowest BCUT2D eigenvalue weighted by Gasteiger charge is -2.49. The van der Waals surface area contributed by atoms with Crippen molar-refractivity contribution in [3.05, 3.63) is 59.2 Å². The second kappa shape index (κ2) is 15.3. The van der Waals surface area contributed by atoms with E-state index in [1.807, 2.05) is 24.3 Å². The van der Waals surface area contributed by atoms with Crippen molar-refractivity contribution in [1.82, 2.24) is 16.2 Å². The predicted molar refractivity (Wildman–Crippen MR) is 190 cm³/mol. The molecule has 17 heteroatoms. The lowest BCUT2D eigenvalue weighted by Crippen LogP contribution is -2.43. The molecule has 3 aliphatic carbocycles. The smallest absolute Gasteiger partial charge is 0.369 e. The van der Waals surface area contributed by atoms with Crippen LogP contribution in [0, 0.1) is 17.3 Å². The van der Waals surface area contributed by atoms with Crippen LogP contribution in [0.15, 0.2) is 52.7 Å². The lowest BCUT2D eigenvalue weighted by molar-refractivity contribution is 0.0954. The van der Waals surface area contributed by atoms with Crippen molar-refractivity contribution in [3.8, 4) is 11.5 Å². The van der Waals surface area contributed by atoms with E-state index in [-0.39, 0.29) is 17.1 Å². The van der Waals surface area contributed by atoms with E-state index in [2.05, 4.69) is 34.3 Å². The van der Waals surface area contributed by atoms with E-state index in [4.69, 9.17) is 22.1 Å². The molecule has 0 radical (unpaired) electrons. The summed E-state index contributed by atoms with van der Waals surface area (Å²) in [5, 5.41) is 28.5. The summed E-state index contributed by atoms with van der Waals surface area (Å²) in [5.74, 6) is 2.66. The number of aryl methyl sites for hydroxylation is 1. The van der Waals surface area contributed by atoms with E-state index in [9.17, 15) is 38.9 Å². The van der Waals surface area contributed by atoms with Crippen LogP contribution >= 0.6 is 27.4 Å². The van der Waals surface area contributed by atoms with Gasteiger partial charge in [0, 0.05) is 17.5 Å². The number of ether oxygens (including phenoxy) is 1. The first-order valence-corrected chi connectivity index (χ1v) is 20.0. The topological polar surface area (TPSA) is 226 Å². The van der Waals surface area contributed by atoms with Gasteiger partial charge in [0.1, 0.15) is 11.5 Å². The number of rotatable bonds is 13. The van der Waals surface area contributed by atoms with Crippen molar-refractivity contribution in [1.29, 1.82) is 0 Å². The van der Waals surface area contributed by atoms with E-state index >= 15 is 0 Å². The number of phenolic OH excluding ortho intramolecular Hbond substituents is 1. The number of fused-ring (bicyclic) bond motifs is 5. The fourth-order valence-corrected chi connectivity index (χ4v) is 10.0. The molecule has 2 saturated carbocycles. The second-order valence-corrected chi connectivity index (χ2v) is 17.7. The minimum absolute atomic E-state index is 0.0284. The van der Waals surface area contributed by atoms with E-state index in [1.165, 1.54) is 11.1 Å². The molecule has 14 nitrogen and oxygen atoms in total. The van der Waals surface area contributed by atoms with Crippen LogP contribution in [-0.4, -0.2) is 71.6 Å². The van der Waals surface area contributed by atoms with Gasteiger partial charge in [0.2, 0.25) is 5.11 Å². The number of aromatic hydroxyl groups is 1. The predicted octanol–water partition coefficient (Wildman–Crippen LogP) is 3.85. The van der Waals surface area contributed by atoms with Crippen LogP contribution in [0.1, 0.15) is 74.5 Å². The number of benzene rings is 2. The van der Waals surface area contributed by atoms with E-state index in [0.717, 1.165) is 49.8 Å². The Morgan fingerprint density at radius 2 is 1.84 bits per heavy atom. The van der Waals surface area contributed by atoms with Gasteiger partial charge in [-0.2, -0.15) is 10.2 Å². The Kier molecular flexibility index (Phi) is 11.7. The molecule has 4 unspecified atom stereocenters. The van der Waals surface area contributed by atoms with Crippen LogP contribution in [0.25, 0.3) is 0 Å². The minimum atomic E-state index is -5.47. The first kappa shape index (κ1) is 37.5. The lowest BCUT2D eigenvalue weighted by atomic mass is 9.55. The van der Waals surface area contributed by atoms with Gasteiger partial charge in [-0.05, 0) is 129 Å². The summed E-state index contributed by atoms with van der Waals surface area (Å²) in [4.78, 5) is 36.8. The quantitative estimate of drug-likeness (QED) is 0.0469. The maximum Gasteiger partial charge on any atom is 0.369 e. The molecule has 268 valence electrons. The molecule has 0 amide bonds. The van der Waals surface area contributed by atoms with Gasteiger partial charge >= 0.3 is 15.2 Å². The SMILES string of the molecule is CC12CCC3c4ccc(O)cc4CCC3C1CCC2=NNC(=S)NN=Cc1cccc(OCCCNCCC(O)(P(=O)(O)O)P(=O)(O)O)c1. The zero-order chi connectivity index (χ0) is 35.5. The molecule has 2 aromatic carbocycles. The Labute approximate surface area is 290 Å².